The molecule has 0 saturated carbocycles. The summed E-state index contributed by atoms with van der Waals surface area (Å²) in [5.74, 6) is 1.89. The average Bonchev–Trinajstić information content (AvgIpc) is 3.54. The highest BCUT2D eigenvalue weighted by atomic mass is 16.5. The van der Waals surface area contributed by atoms with E-state index in [1.54, 1.807) is 33.4 Å². The molecule has 3 aromatic heterocycles. The van der Waals surface area contributed by atoms with Gasteiger partial charge in [-0.05, 0) is 68.8 Å². The van der Waals surface area contributed by atoms with Gasteiger partial charge in [0.2, 0.25) is 5.89 Å². The number of carbonyl (C=O) groups is 1. The van der Waals surface area contributed by atoms with Crippen LogP contribution in [-0.2, 0) is 17.9 Å². The van der Waals surface area contributed by atoms with E-state index in [1.807, 2.05) is 73.7 Å². The van der Waals surface area contributed by atoms with E-state index in [0.717, 1.165) is 32.9 Å². The molecule has 6 rings (SSSR count). The standard InChI is InChI=1S/C34H31N3O6/c1-21-25(36-32(42-21)23-14-16-35-17-15-23)20-41-28-13-12-22(18-30(28)40-4)19-37-26-9-6-5-8-24(26)31-27(37)10-7-11-29(31)43-34(2,3)33(38)39/h5-18H,19-20H2,1-4H3,(H,38,39). The van der Waals surface area contributed by atoms with Gasteiger partial charge in [-0.2, -0.15) is 0 Å². The minimum Gasteiger partial charge on any atom is -0.493 e. The Morgan fingerprint density at radius 1 is 0.953 bits per heavy atom. The number of methoxy groups -OCH3 is 1. The van der Waals surface area contributed by atoms with Gasteiger partial charge < -0.3 is 28.3 Å². The molecule has 3 aromatic carbocycles. The Kier molecular flexibility index (Phi) is 7.23. The van der Waals surface area contributed by atoms with Crippen molar-refractivity contribution in [2.24, 2.45) is 0 Å². The summed E-state index contributed by atoms with van der Waals surface area (Å²) in [7, 11) is 1.61. The van der Waals surface area contributed by atoms with Crippen molar-refractivity contribution in [2.75, 3.05) is 7.11 Å². The van der Waals surface area contributed by atoms with Crippen LogP contribution in [0.5, 0.6) is 17.2 Å². The molecular formula is C34H31N3O6. The second kappa shape index (κ2) is 11.2. The van der Waals surface area contributed by atoms with E-state index in [0.29, 0.717) is 41.1 Å². The van der Waals surface area contributed by atoms with Crippen molar-refractivity contribution in [3.63, 3.8) is 0 Å². The highest BCUT2D eigenvalue weighted by Gasteiger charge is 2.30. The topological polar surface area (TPSA) is 109 Å². The lowest BCUT2D eigenvalue weighted by Gasteiger charge is -2.22. The number of aliphatic carboxylic acids is 1. The molecule has 0 spiro atoms. The van der Waals surface area contributed by atoms with Crippen LogP contribution >= 0.6 is 0 Å². The molecule has 43 heavy (non-hydrogen) atoms. The quantitative estimate of drug-likeness (QED) is 0.185. The molecule has 0 saturated heterocycles. The van der Waals surface area contributed by atoms with Gasteiger partial charge in [0.25, 0.3) is 0 Å². The Hall–Kier alpha value is -5.31. The number of para-hydroxylation sites is 1. The minimum absolute atomic E-state index is 0.221. The molecule has 9 heteroatoms. The van der Waals surface area contributed by atoms with Crippen molar-refractivity contribution < 1.29 is 28.5 Å². The summed E-state index contributed by atoms with van der Waals surface area (Å²) in [6, 6.07) is 23.3. The third-order valence-corrected chi connectivity index (χ3v) is 7.39. The van der Waals surface area contributed by atoms with Crippen LogP contribution < -0.4 is 14.2 Å². The first-order valence-electron chi connectivity index (χ1n) is 13.8. The summed E-state index contributed by atoms with van der Waals surface area (Å²) in [5, 5.41) is 11.5. The number of carboxylic acid groups (broad SMARTS) is 1. The normalized spacial score (nSPS) is 11.6. The maximum atomic E-state index is 11.8. The molecule has 0 radical (unpaired) electrons. The second-order valence-corrected chi connectivity index (χ2v) is 10.7. The number of hydrogen-bond donors (Lipinski definition) is 1. The summed E-state index contributed by atoms with van der Waals surface area (Å²) in [6.45, 7) is 5.73. The molecule has 0 fully saturated rings. The van der Waals surface area contributed by atoms with Crippen LogP contribution in [-0.4, -0.2) is 38.3 Å². The van der Waals surface area contributed by atoms with Crippen LogP contribution in [0.2, 0.25) is 0 Å². The number of aromatic nitrogens is 3. The van der Waals surface area contributed by atoms with E-state index in [-0.39, 0.29) is 6.61 Å². The summed E-state index contributed by atoms with van der Waals surface area (Å²) < 4.78 is 25.9. The SMILES string of the molecule is COc1cc(Cn2c3ccccc3c3c(OC(C)(C)C(=O)O)cccc32)ccc1OCc1nc(-c2ccncc2)oc1C. The summed E-state index contributed by atoms with van der Waals surface area (Å²) >= 11 is 0. The molecule has 0 aliphatic heterocycles. The molecule has 0 unspecified atom stereocenters. The smallest absolute Gasteiger partial charge is 0.347 e. The van der Waals surface area contributed by atoms with Gasteiger partial charge >= 0.3 is 5.97 Å². The minimum atomic E-state index is -1.38. The van der Waals surface area contributed by atoms with Crippen molar-refractivity contribution in [2.45, 2.75) is 39.5 Å². The number of carboxylic acids is 1. The van der Waals surface area contributed by atoms with E-state index in [4.69, 9.17) is 18.6 Å². The fourth-order valence-electron chi connectivity index (χ4n) is 5.08. The lowest BCUT2D eigenvalue weighted by atomic mass is 10.1. The molecule has 0 aliphatic rings. The maximum Gasteiger partial charge on any atom is 0.347 e. The van der Waals surface area contributed by atoms with E-state index in [2.05, 4.69) is 20.6 Å². The Morgan fingerprint density at radius 2 is 1.72 bits per heavy atom. The number of fused-ring (bicyclic) bond motifs is 3. The summed E-state index contributed by atoms with van der Waals surface area (Å²) in [5.41, 5.74) is 3.11. The Labute approximate surface area is 248 Å². The average molecular weight is 578 g/mol. The zero-order valence-electron chi connectivity index (χ0n) is 24.3. The molecular weight excluding hydrogens is 546 g/mol. The third-order valence-electron chi connectivity index (χ3n) is 7.39. The van der Waals surface area contributed by atoms with Crippen LogP contribution in [0, 0.1) is 6.92 Å². The van der Waals surface area contributed by atoms with Crippen molar-refractivity contribution in [1.82, 2.24) is 14.5 Å². The van der Waals surface area contributed by atoms with Gasteiger partial charge in [-0.15, -0.1) is 0 Å². The molecule has 0 aliphatic carbocycles. The zero-order chi connectivity index (χ0) is 30.1. The fourth-order valence-corrected chi connectivity index (χ4v) is 5.08. The van der Waals surface area contributed by atoms with Crippen molar-refractivity contribution in [3.05, 3.63) is 102 Å². The van der Waals surface area contributed by atoms with E-state index < -0.39 is 11.6 Å². The number of benzene rings is 3. The van der Waals surface area contributed by atoms with Crippen LogP contribution in [0.25, 0.3) is 33.3 Å². The molecule has 0 atom stereocenters. The number of hydrogen-bond acceptors (Lipinski definition) is 7. The summed E-state index contributed by atoms with van der Waals surface area (Å²) in [4.78, 5) is 20.5. The molecule has 6 aromatic rings. The Bertz CT molecular complexity index is 1940. The number of oxazole rings is 1. The van der Waals surface area contributed by atoms with Gasteiger partial charge in [0.05, 0.1) is 12.6 Å². The van der Waals surface area contributed by atoms with Crippen LogP contribution in [0.15, 0.2) is 89.6 Å². The van der Waals surface area contributed by atoms with E-state index >= 15 is 0 Å². The highest BCUT2D eigenvalue weighted by Crippen LogP contribution is 2.38. The van der Waals surface area contributed by atoms with E-state index in [9.17, 15) is 9.90 Å². The molecule has 3 heterocycles. The van der Waals surface area contributed by atoms with Gasteiger partial charge in [-0.3, -0.25) is 4.98 Å². The Balaban J connectivity index is 1.29. The molecule has 0 amide bonds. The number of rotatable bonds is 10. The first kappa shape index (κ1) is 27.8. The second-order valence-electron chi connectivity index (χ2n) is 10.7. The van der Waals surface area contributed by atoms with Gasteiger partial charge in [0.1, 0.15) is 23.8 Å². The molecule has 0 bridgehead atoms. The predicted octanol–water partition coefficient (Wildman–Crippen LogP) is 7.03. The molecule has 1 N–H and O–H groups in total. The van der Waals surface area contributed by atoms with Crippen LogP contribution in [0.3, 0.4) is 0 Å². The third kappa shape index (κ3) is 5.37. The van der Waals surface area contributed by atoms with E-state index in [1.165, 1.54) is 0 Å². The lowest BCUT2D eigenvalue weighted by molar-refractivity contribution is -0.152. The number of pyridine rings is 1. The lowest BCUT2D eigenvalue weighted by Crippen LogP contribution is -2.37. The highest BCUT2D eigenvalue weighted by molar-refractivity contribution is 6.11. The first-order chi connectivity index (χ1) is 20.7. The van der Waals surface area contributed by atoms with Crippen molar-refractivity contribution in [1.29, 1.82) is 0 Å². The van der Waals surface area contributed by atoms with Crippen LogP contribution in [0.1, 0.15) is 30.9 Å². The number of ether oxygens (including phenoxy) is 3. The molecule has 9 nitrogen and oxygen atoms in total. The summed E-state index contributed by atoms with van der Waals surface area (Å²) in [6.07, 6.45) is 3.40. The fraction of sp³-hybridized carbons (Fsp3) is 0.206. The number of aryl methyl sites for hydroxylation is 1. The van der Waals surface area contributed by atoms with Crippen molar-refractivity contribution >= 4 is 27.8 Å². The number of nitrogens with zero attached hydrogens (tertiary/aromatic N) is 3. The van der Waals surface area contributed by atoms with Gasteiger partial charge in [-0.25, -0.2) is 9.78 Å². The first-order valence-corrected chi connectivity index (χ1v) is 13.8. The maximum absolute atomic E-state index is 11.8. The van der Waals surface area contributed by atoms with Crippen molar-refractivity contribution in [3.8, 4) is 28.7 Å². The molecule has 218 valence electrons. The predicted molar refractivity (Wildman–Crippen MR) is 163 cm³/mol. The monoisotopic (exact) mass is 577 g/mol. The Morgan fingerprint density at radius 3 is 2.49 bits per heavy atom. The van der Waals surface area contributed by atoms with Gasteiger partial charge in [0, 0.05) is 40.8 Å². The van der Waals surface area contributed by atoms with Gasteiger partial charge in [0.15, 0.2) is 17.1 Å². The zero-order valence-corrected chi connectivity index (χ0v) is 24.3. The largest absolute Gasteiger partial charge is 0.493 e. The van der Waals surface area contributed by atoms with Crippen LogP contribution in [0.4, 0.5) is 0 Å². The van der Waals surface area contributed by atoms with Gasteiger partial charge in [-0.1, -0.05) is 30.3 Å².